The quantitative estimate of drug-likeness (QED) is 0.0459. The SMILES string of the molecule is CCCCCCCCCCCCCCCC(=O)O[C@H](COC(=O)CCCCCCCCCCCCNC(C)=O)COP(=O)([O-])[O-].[Na+].[Na+]. The van der Waals surface area contributed by atoms with E-state index >= 15 is 0 Å². The molecule has 0 aromatic carbocycles. The fourth-order valence-electron chi connectivity index (χ4n) is 5.15. The Kier molecular flexibility index (Phi) is 41.7. The zero-order valence-corrected chi connectivity index (χ0v) is 35.4. The molecule has 266 valence electrons. The molecule has 0 bridgehead atoms. The van der Waals surface area contributed by atoms with E-state index in [-0.39, 0.29) is 84.5 Å². The van der Waals surface area contributed by atoms with Crippen LogP contribution in [0.2, 0.25) is 0 Å². The van der Waals surface area contributed by atoms with Crippen LogP contribution in [-0.4, -0.2) is 43.7 Å². The number of unbranched alkanes of at least 4 members (excludes halogenated alkanes) is 21. The van der Waals surface area contributed by atoms with Gasteiger partial charge in [0.15, 0.2) is 6.10 Å². The molecular weight excluding hydrogens is 643 g/mol. The third-order valence-electron chi connectivity index (χ3n) is 7.81. The number of carbonyl (C=O) groups is 3. The molecule has 0 unspecified atom stereocenters. The fraction of sp³-hybridized carbons (Fsp3) is 0.912. The zero-order valence-electron chi connectivity index (χ0n) is 30.5. The Morgan fingerprint density at radius 3 is 1.38 bits per heavy atom. The molecule has 13 heteroatoms. The molecule has 1 amide bonds. The van der Waals surface area contributed by atoms with Crippen LogP contribution in [0.15, 0.2) is 0 Å². The summed E-state index contributed by atoms with van der Waals surface area (Å²) in [5, 5.41) is 2.81. The van der Waals surface area contributed by atoms with Crippen LogP contribution in [0.3, 0.4) is 0 Å². The average Bonchev–Trinajstić information content (AvgIpc) is 2.98. The normalized spacial score (nSPS) is 11.7. The Morgan fingerprint density at radius 1 is 0.596 bits per heavy atom. The van der Waals surface area contributed by atoms with E-state index in [1.165, 1.54) is 84.0 Å². The smallest absolute Gasteiger partial charge is 0.790 e. The van der Waals surface area contributed by atoms with Crippen molar-refractivity contribution in [2.45, 2.75) is 180 Å². The molecule has 0 aliphatic carbocycles. The Hall–Kier alpha value is 0.520. The summed E-state index contributed by atoms with van der Waals surface area (Å²) >= 11 is 0. The van der Waals surface area contributed by atoms with E-state index in [4.69, 9.17) is 9.47 Å². The summed E-state index contributed by atoms with van der Waals surface area (Å²) in [5.74, 6) is -0.967. The van der Waals surface area contributed by atoms with Gasteiger partial charge in [-0.25, -0.2) is 0 Å². The summed E-state index contributed by atoms with van der Waals surface area (Å²) in [6, 6.07) is 0. The first-order valence-corrected chi connectivity index (χ1v) is 19.4. The molecule has 0 fully saturated rings. The molecule has 10 nitrogen and oxygen atoms in total. The third kappa shape index (κ3) is 42.6. The van der Waals surface area contributed by atoms with Crippen molar-refractivity contribution in [1.29, 1.82) is 0 Å². The van der Waals surface area contributed by atoms with Crippen molar-refractivity contribution in [1.82, 2.24) is 5.32 Å². The minimum absolute atomic E-state index is 0. The van der Waals surface area contributed by atoms with Crippen LogP contribution >= 0.6 is 7.82 Å². The number of esters is 2. The number of amides is 1. The number of nitrogens with one attached hydrogen (secondary N) is 1. The number of phosphoric ester groups is 1. The average molecular weight is 708 g/mol. The second-order valence-corrected chi connectivity index (χ2v) is 13.5. The summed E-state index contributed by atoms with van der Waals surface area (Å²) in [5.41, 5.74) is 0. The van der Waals surface area contributed by atoms with Crippen molar-refractivity contribution < 1.29 is 102 Å². The van der Waals surface area contributed by atoms with Gasteiger partial charge >= 0.3 is 71.1 Å². The number of ether oxygens (including phenoxy) is 2. The minimum atomic E-state index is -5.25. The Bertz CT molecular complexity index is 787. The number of rotatable bonds is 33. The van der Waals surface area contributed by atoms with Gasteiger partial charge in [-0.2, -0.15) is 0 Å². The van der Waals surface area contributed by atoms with Gasteiger partial charge in [-0.3, -0.25) is 14.4 Å². The van der Waals surface area contributed by atoms with Crippen LogP contribution in [0.1, 0.15) is 174 Å². The van der Waals surface area contributed by atoms with E-state index in [9.17, 15) is 28.7 Å². The maximum atomic E-state index is 12.3. The van der Waals surface area contributed by atoms with Crippen molar-refractivity contribution in [2.24, 2.45) is 0 Å². The molecule has 1 atom stereocenters. The fourth-order valence-corrected chi connectivity index (χ4v) is 5.50. The zero-order chi connectivity index (χ0) is 33.4. The van der Waals surface area contributed by atoms with Gasteiger partial charge in [0.2, 0.25) is 5.91 Å². The van der Waals surface area contributed by atoms with Gasteiger partial charge in [-0.05, 0) is 19.3 Å². The van der Waals surface area contributed by atoms with Crippen LogP contribution in [0.5, 0.6) is 0 Å². The van der Waals surface area contributed by atoms with Crippen molar-refractivity contribution in [3.8, 4) is 0 Å². The first kappa shape index (κ1) is 51.9. The summed E-state index contributed by atoms with van der Waals surface area (Å²) in [7, 11) is -5.25. The summed E-state index contributed by atoms with van der Waals surface area (Å²) in [6.45, 7) is 3.49. The topological polar surface area (TPSA) is 154 Å². The standard InChI is InChI=1S/C34H66NO9P.2Na/c1-3-4-5-6-7-8-9-10-11-15-18-21-24-27-34(38)44-32(30-43-45(39,40)41)29-42-33(37)26-23-20-17-14-12-13-16-19-22-25-28-35-31(2)36;;/h32H,3-30H2,1-2H3,(H,35,36)(H2,39,40,41);;/q;2*+1/p-2/t32-;;/m1../s1. The van der Waals surface area contributed by atoms with Crippen LogP contribution in [-0.2, 0) is 32.9 Å². The summed E-state index contributed by atoms with van der Waals surface area (Å²) in [6.07, 6.45) is 25.3. The second-order valence-electron chi connectivity index (χ2n) is 12.3. The molecule has 0 rings (SSSR count). The molecule has 0 saturated carbocycles. The predicted molar refractivity (Wildman–Crippen MR) is 174 cm³/mol. The van der Waals surface area contributed by atoms with Crippen LogP contribution < -0.4 is 74.2 Å². The van der Waals surface area contributed by atoms with Gasteiger partial charge in [0.1, 0.15) is 6.61 Å². The molecule has 0 aliphatic rings. The number of hydrogen-bond donors (Lipinski definition) is 1. The molecule has 0 aliphatic heterocycles. The third-order valence-corrected chi connectivity index (χ3v) is 8.28. The van der Waals surface area contributed by atoms with Gasteiger partial charge in [0.05, 0.1) is 14.4 Å². The minimum Gasteiger partial charge on any atom is -0.790 e. The number of hydrogen-bond acceptors (Lipinski definition) is 9. The Balaban J connectivity index is -0.00000968. The van der Waals surface area contributed by atoms with E-state index in [1.54, 1.807) is 0 Å². The molecule has 0 aromatic heterocycles. The van der Waals surface area contributed by atoms with Gasteiger partial charge in [-0.15, -0.1) is 0 Å². The predicted octanol–water partition coefficient (Wildman–Crippen LogP) is 1.20. The van der Waals surface area contributed by atoms with Crippen molar-refractivity contribution in [3.63, 3.8) is 0 Å². The van der Waals surface area contributed by atoms with E-state index in [0.29, 0.717) is 12.8 Å². The van der Waals surface area contributed by atoms with Crippen molar-refractivity contribution >= 4 is 25.7 Å². The van der Waals surface area contributed by atoms with Crippen LogP contribution in [0.4, 0.5) is 0 Å². The van der Waals surface area contributed by atoms with Crippen LogP contribution in [0.25, 0.3) is 0 Å². The van der Waals surface area contributed by atoms with E-state index in [1.807, 2.05) is 0 Å². The first-order chi connectivity index (χ1) is 21.6. The van der Waals surface area contributed by atoms with E-state index in [2.05, 4.69) is 16.8 Å². The van der Waals surface area contributed by atoms with Gasteiger partial charge < -0.3 is 33.7 Å². The summed E-state index contributed by atoms with van der Waals surface area (Å²) in [4.78, 5) is 57.1. The molecular formula is C34H64NNa2O9P. The molecule has 1 N–H and O–H groups in total. The Morgan fingerprint density at radius 2 is 0.979 bits per heavy atom. The van der Waals surface area contributed by atoms with Gasteiger partial charge in [0.25, 0.3) is 0 Å². The molecule has 47 heavy (non-hydrogen) atoms. The molecule has 0 heterocycles. The monoisotopic (exact) mass is 707 g/mol. The van der Waals surface area contributed by atoms with Crippen molar-refractivity contribution in [2.75, 3.05) is 19.8 Å². The van der Waals surface area contributed by atoms with Gasteiger partial charge in [0, 0.05) is 26.3 Å². The summed E-state index contributed by atoms with van der Waals surface area (Å²) < 4.78 is 25.7. The molecule has 0 aromatic rings. The maximum Gasteiger partial charge on any atom is 1.00 e. The van der Waals surface area contributed by atoms with E-state index < -0.39 is 32.5 Å². The van der Waals surface area contributed by atoms with Gasteiger partial charge in [-0.1, -0.05) is 135 Å². The van der Waals surface area contributed by atoms with E-state index in [0.717, 1.165) is 64.3 Å². The van der Waals surface area contributed by atoms with Crippen LogP contribution in [0, 0.1) is 0 Å². The molecule has 0 radical (unpaired) electrons. The maximum absolute atomic E-state index is 12.3. The molecule has 0 spiro atoms. The second kappa shape index (κ2) is 37.8. The van der Waals surface area contributed by atoms with Crippen molar-refractivity contribution in [3.05, 3.63) is 0 Å². The first-order valence-electron chi connectivity index (χ1n) is 17.9. The number of phosphoric acid groups is 1. The largest absolute Gasteiger partial charge is 1.00 e. The Labute approximate surface area is 330 Å². The molecule has 0 saturated heterocycles. The number of carbonyl (C=O) groups excluding carboxylic acids is 3.